The lowest BCUT2D eigenvalue weighted by atomic mass is 10.1. The number of ketones is 1. The zero-order chi connectivity index (χ0) is 13.2. The summed E-state index contributed by atoms with van der Waals surface area (Å²) in [6, 6.07) is 16.2. The summed E-state index contributed by atoms with van der Waals surface area (Å²) in [5, 5.41) is 0. The number of carbonyl (C=O) groups is 1. The van der Waals surface area contributed by atoms with Crippen molar-refractivity contribution in [3.63, 3.8) is 0 Å². The van der Waals surface area contributed by atoms with Crippen LogP contribution in [0.5, 0.6) is 0 Å². The molecule has 3 rings (SSSR count). The van der Waals surface area contributed by atoms with E-state index < -0.39 is 0 Å². The Bertz CT molecular complexity index is 653. The fraction of sp³-hybridized carbons (Fsp3) is 0.118. The zero-order valence-electron chi connectivity index (χ0n) is 10.7. The second-order valence-corrected chi connectivity index (χ2v) is 5.89. The van der Waals surface area contributed by atoms with Crippen LogP contribution in [0.3, 0.4) is 0 Å². The summed E-state index contributed by atoms with van der Waals surface area (Å²) in [4.78, 5) is 14.3. The minimum absolute atomic E-state index is 0.215. The normalized spacial score (nSPS) is 16.5. The Kier molecular flexibility index (Phi) is 3.26. The lowest BCUT2D eigenvalue weighted by molar-refractivity contribution is 0.0991. The molecule has 1 nitrogen and oxygen atoms in total. The van der Waals surface area contributed by atoms with Crippen LogP contribution in [0.2, 0.25) is 0 Å². The summed E-state index contributed by atoms with van der Waals surface area (Å²) in [6.45, 7) is 2.08. The molecular weight excluding hydrogens is 252 g/mol. The molecule has 0 unspecified atom stereocenters. The molecule has 1 aliphatic rings. The van der Waals surface area contributed by atoms with E-state index in [2.05, 4.69) is 37.3 Å². The van der Waals surface area contributed by atoms with Crippen molar-refractivity contribution in [3.8, 4) is 0 Å². The van der Waals surface area contributed by atoms with Crippen LogP contribution >= 0.6 is 11.8 Å². The average molecular weight is 266 g/mol. The molecule has 0 fully saturated rings. The fourth-order valence-corrected chi connectivity index (χ4v) is 3.27. The van der Waals surface area contributed by atoms with Crippen molar-refractivity contribution in [3.05, 3.63) is 70.1 Å². The van der Waals surface area contributed by atoms with E-state index >= 15 is 0 Å². The largest absolute Gasteiger partial charge is 0.294 e. The Balaban J connectivity index is 1.93. The molecule has 0 N–H and O–H groups in total. The van der Waals surface area contributed by atoms with Gasteiger partial charge in [-0.05, 0) is 29.5 Å². The predicted molar refractivity (Wildman–Crippen MR) is 80.4 cm³/mol. The highest BCUT2D eigenvalue weighted by molar-refractivity contribution is 8.03. The molecule has 1 heterocycles. The van der Waals surface area contributed by atoms with Crippen LogP contribution in [0.1, 0.15) is 27.9 Å². The van der Waals surface area contributed by atoms with Crippen molar-refractivity contribution >= 4 is 23.6 Å². The summed E-state index contributed by atoms with van der Waals surface area (Å²) >= 11 is 1.70. The maximum Gasteiger partial charge on any atom is 0.168 e. The predicted octanol–water partition coefficient (Wildman–Crippen LogP) is 4.71. The third-order valence-electron chi connectivity index (χ3n) is 3.17. The van der Waals surface area contributed by atoms with E-state index in [9.17, 15) is 4.79 Å². The summed E-state index contributed by atoms with van der Waals surface area (Å²) in [5.74, 6) is 0.215. The number of hydrogen-bond acceptors (Lipinski definition) is 2. The molecule has 19 heavy (non-hydrogen) atoms. The average Bonchev–Trinajstić information content (AvgIpc) is 2.42. The van der Waals surface area contributed by atoms with Crippen molar-refractivity contribution in [1.82, 2.24) is 0 Å². The van der Waals surface area contributed by atoms with Crippen LogP contribution in [0.15, 0.2) is 58.3 Å². The van der Waals surface area contributed by atoms with Crippen LogP contribution in [-0.4, -0.2) is 5.78 Å². The molecule has 2 aromatic carbocycles. The monoisotopic (exact) mass is 266 g/mol. The van der Waals surface area contributed by atoms with Crippen LogP contribution in [0.4, 0.5) is 0 Å². The van der Waals surface area contributed by atoms with Crippen LogP contribution in [-0.2, 0) is 0 Å². The second kappa shape index (κ2) is 5.06. The van der Waals surface area contributed by atoms with Gasteiger partial charge >= 0.3 is 0 Å². The summed E-state index contributed by atoms with van der Waals surface area (Å²) < 4.78 is 0. The Morgan fingerprint density at radius 1 is 1.05 bits per heavy atom. The van der Waals surface area contributed by atoms with Crippen molar-refractivity contribution in [2.24, 2.45) is 0 Å². The smallest absolute Gasteiger partial charge is 0.168 e. The van der Waals surface area contributed by atoms with Gasteiger partial charge in [-0.2, -0.15) is 0 Å². The van der Waals surface area contributed by atoms with E-state index in [4.69, 9.17) is 0 Å². The van der Waals surface area contributed by atoms with E-state index in [1.807, 2.05) is 24.3 Å². The Morgan fingerprint density at radius 3 is 2.58 bits per heavy atom. The highest BCUT2D eigenvalue weighted by atomic mass is 32.2. The molecule has 0 bridgehead atoms. The molecule has 2 heteroatoms. The van der Waals surface area contributed by atoms with Gasteiger partial charge in [0.1, 0.15) is 0 Å². The minimum atomic E-state index is 0.215. The minimum Gasteiger partial charge on any atom is -0.294 e. The maximum absolute atomic E-state index is 12.1. The molecule has 0 saturated carbocycles. The first-order valence-corrected chi connectivity index (χ1v) is 7.11. The lowest BCUT2D eigenvalue weighted by Crippen LogP contribution is -2.06. The van der Waals surface area contributed by atoms with Crippen molar-refractivity contribution < 1.29 is 4.79 Å². The highest BCUT2D eigenvalue weighted by Gasteiger charge is 2.20. The summed E-state index contributed by atoms with van der Waals surface area (Å²) in [6.07, 6.45) is 2.62. The highest BCUT2D eigenvalue weighted by Crippen LogP contribution is 2.38. The molecule has 0 spiro atoms. The molecule has 0 atom stereocenters. The van der Waals surface area contributed by atoms with Gasteiger partial charge in [-0.1, -0.05) is 59.8 Å². The van der Waals surface area contributed by atoms with E-state index in [1.165, 1.54) is 5.56 Å². The molecule has 0 saturated heterocycles. The number of Topliss-reactive ketones (excluding diaryl/α,β-unsaturated/α-hetero) is 1. The molecule has 0 aromatic heterocycles. The molecule has 2 aromatic rings. The number of aryl methyl sites for hydroxylation is 1. The van der Waals surface area contributed by atoms with Gasteiger partial charge in [0.05, 0.1) is 0 Å². The van der Waals surface area contributed by atoms with Crippen LogP contribution < -0.4 is 0 Å². The number of benzene rings is 2. The number of thioether (sulfide) groups is 1. The van der Waals surface area contributed by atoms with Gasteiger partial charge in [0.2, 0.25) is 0 Å². The van der Waals surface area contributed by atoms with Gasteiger partial charge in [-0.15, -0.1) is 0 Å². The Labute approximate surface area is 117 Å². The van der Waals surface area contributed by atoms with Crippen molar-refractivity contribution in [1.29, 1.82) is 0 Å². The Hall–Kier alpha value is -1.80. The van der Waals surface area contributed by atoms with E-state index in [0.717, 1.165) is 20.9 Å². The van der Waals surface area contributed by atoms with Gasteiger partial charge in [-0.25, -0.2) is 0 Å². The van der Waals surface area contributed by atoms with Gasteiger partial charge < -0.3 is 0 Å². The number of carbonyl (C=O) groups excluding carboxylic acids is 1. The van der Waals surface area contributed by atoms with Crippen molar-refractivity contribution in [2.45, 2.75) is 18.2 Å². The number of fused-ring (bicyclic) bond motifs is 1. The molecular formula is C17H14OS. The summed E-state index contributed by atoms with van der Waals surface area (Å²) in [7, 11) is 0. The first-order valence-electron chi connectivity index (χ1n) is 6.30. The molecule has 0 aliphatic carbocycles. The van der Waals surface area contributed by atoms with Gasteiger partial charge in [-0.3, -0.25) is 4.79 Å². The van der Waals surface area contributed by atoms with Gasteiger partial charge in [0, 0.05) is 16.9 Å². The first-order chi connectivity index (χ1) is 9.22. The Morgan fingerprint density at radius 2 is 1.79 bits per heavy atom. The summed E-state index contributed by atoms with van der Waals surface area (Å²) in [5.41, 5.74) is 3.26. The maximum atomic E-state index is 12.1. The standard InChI is InChI=1S/C17H14OS/c1-12-6-8-13(9-7-12)10-14-11-16(18)15-4-2-3-5-17(15)19-14/h2-10H,11H2,1H3/b14-10+. The van der Waals surface area contributed by atoms with E-state index in [0.29, 0.717) is 6.42 Å². The number of allylic oxidation sites excluding steroid dienone is 1. The molecule has 1 aliphatic heterocycles. The lowest BCUT2D eigenvalue weighted by Gasteiger charge is -2.16. The first kappa shape index (κ1) is 12.2. The van der Waals surface area contributed by atoms with Crippen molar-refractivity contribution in [2.75, 3.05) is 0 Å². The molecule has 94 valence electrons. The third kappa shape index (κ3) is 2.64. The third-order valence-corrected chi connectivity index (χ3v) is 4.27. The fourth-order valence-electron chi connectivity index (χ4n) is 2.15. The van der Waals surface area contributed by atoms with Gasteiger partial charge in [0.25, 0.3) is 0 Å². The topological polar surface area (TPSA) is 17.1 Å². The quantitative estimate of drug-likeness (QED) is 0.743. The van der Waals surface area contributed by atoms with Crippen LogP contribution in [0.25, 0.3) is 6.08 Å². The zero-order valence-corrected chi connectivity index (χ0v) is 11.5. The molecule has 0 radical (unpaired) electrons. The van der Waals surface area contributed by atoms with Gasteiger partial charge in [0.15, 0.2) is 5.78 Å². The SMILES string of the molecule is Cc1ccc(/C=C2\CC(=O)c3ccccc3S2)cc1. The van der Waals surface area contributed by atoms with E-state index in [-0.39, 0.29) is 5.78 Å². The number of hydrogen-bond donors (Lipinski definition) is 0. The van der Waals surface area contributed by atoms with E-state index in [1.54, 1.807) is 11.8 Å². The second-order valence-electron chi connectivity index (χ2n) is 4.72. The van der Waals surface area contributed by atoms with Crippen LogP contribution in [0, 0.1) is 6.92 Å². The molecule has 0 amide bonds. The number of rotatable bonds is 1.